The van der Waals surface area contributed by atoms with Crippen LogP contribution in [-0.4, -0.2) is 5.78 Å². The lowest BCUT2D eigenvalue weighted by molar-refractivity contribution is -0.117. The number of nitriles is 1. The molecule has 0 amide bonds. The Labute approximate surface area is 48.1 Å². The van der Waals surface area contributed by atoms with Gasteiger partial charge < -0.3 is 0 Å². The molecule has 0 radical (unpaired) electrons. The quantitative estimate of drug-likeness (QED) is 0.463. The Balaban J connectivity index is 2.47. The van der Waals surface area contributed by atoms with Crippen LogP contribution in [0.1, 0.15) is 19.3 Å². The largest absolute Gasteiger partial charge is 0.300 e. The second kappa shape index (κ2) is 1.95. The van der Waals surface area contributed by atoms with Crippen molar-refractivity contribution < 1.29 is 4.79 Å². The first kappa shape index (κ1) is 5.30. The van der Waals surface area contributed by atoms with E-state index in [0.717, 1.165) is 6.42 Å². The lowest BCUT2D eigenvalue weighted by Gasteiger charge is -1.86. The van der Waals surface area contributed by atoms with Gasteiger partial charge in [0, 0.05) is 12.8 Å². The van der Waals surface area contributed by atoms with Gasteiger partial charge in [-0.05, 0) is 6.42 Å². The molecule has 42 valence electrons. The minimum Gasteiger partial charge on any atom is -0.300 e. The molecule has 0 aromatic rings. The third-order valence-corrected chi connectivity index (χ3v) is 1.43. The van der Waals surface area contributed by atoms with E-state index in [1.54, 1.807) is 0 Å². The molecule has 1 fully saturated rings. The number of carbonyl (C=O) groups excluding carboxylic acids is 1. The molecule has 1 atom stereocenters. The third-order valence-electron chi connectivity index (χ3n) is 1.43. The standard InChI is InChI=1S/C6H7NO/c7-4-5-1-2-6(8)3-5/h5H,1-3H2. The van der Waals surface area contributed by atoms with E-state index in [2.05, 4.69) is 6.07 Å². The zero-order chi connectivity index (χ0) is 5.98. The Morgan fingerprint density at radius 2 is 2.50 bits per heavy atom. The van der Waals surface area contributed by atoms with Gasteiger partial charge in [-0.3, -0.25) is 4.79 Å². The van der Waals surface area contributed by atoms with Gasteiger partial charge in [0.15, 0.2) is 0 Å². The van der Waals surface area contributed by atoms with Crippen LogP contribution in [0.25, 0.3) is 0 Å². The first-order valence-corrected chi connectivity index (χ1v) is 2.74. The second-order valence-electron chi connectivity index (χ2n) is 2.11. The van der Waals surface area contributed by atoms with E-state index >= 15 is 0 Å². The molecule has 1 saturated carbocycles. The summed E-state index contributed by atoms with van der Waals surface area (Å²) >= 11 is 0. The number of ketones is 1. The number of hydrogen-bond acceptors (Lipinski definition) is 2. The van der Waals surface area contributed by atoms with Gasteiger partial charge in [-0.2, -0.15) is 5.26 Å². The maximum Gasteiger partial charge on any atom is 0.134 e. The van der Waals surface area contributed by atoms with Crippen molar-refractivity contribution >= 4 is 5.78 Å². The van der Waals surface area contributed by atoms with Crippen molar-refractivity contribution in [2.75, 3.05) is 0 Å². The first-order chi connectivity index (χ1) is 3.83. The molecule has 1 aliphatic carbocycles. The van der Waals surface area contributed by atoms with Crippen LogP contribution in [0.3, 0.4) is 0 Å². The highest BCUT2D eigenvalue weighted by atomic mass is 16.1. The smallest absolute Gasteiger partial charge is 0.134 e. The Bertz CT molecular complexity index is 145. The Morgan fingerprint density at radius 1 is 1.75 bits per heavy atom. The van der Waals surface area contributed by atoms with Crippen LogP contribution in [0.5, 0.6) is 0 Å². The third kappa shape index (κ3) is 0.865. The summed E-state index contributed by atoms with van der Waals surface area (Å²) in [6.45, 7) is 0. The van der Waals surface area contributed by atoms with Gasteiger partial charge in [0.25, 0.3) is 0 Å². The normalized spacial score (nSPS) is 27.9. The molecule has 0 bridgehead atoms. The van der Waals surface area contributed by atoms with Gasteiger partial charge >= 0.3 is 0 Å². The minimum absolute atomic E-state index is 0.0301. The highest BCUT2D eigenvalue weighted by molar-refractivity contribution is 5.81. The van der Waals surface area contributed by atoms with Gasteiger partial charge in [-0.15, -0.1) is 0 Å². The molecular formula is C6H7NO. The van der Waals surface area contributed by atoms with Gasteiger partial charge in [0.05, 0.1) is 12.0 Å². The van der Waals surface area contributed by atoms with Crippen molar-refractivity contribution in [1.82, 2.24) is 0 Å². The molecule has 0 saturated heterocycles. The summed E-state index contributed by atoms with van der Waals surface area (Å²) in [5.74, 6) is 0.277. The van der Waals surface area contributed by atoms with E-state index in [-0.39, 0.29) is 11.7 Å². The van der Waals surface area contributed by atoms with Crippen LogP contribution in [0.4, 0.5) is 0 Å². The van der Waals surface area contributed by atoms with Crippen LogP contribution in [0.15, 0.2) is 0 Å². The highest BCUT2D eigenvalue weighted by Gasteiger charge is 2.20. The van der Waals surface area contributed by atoms with E-state index < -0.39 is 0 Å². The predicted octanol–water partition coefficient (Wildman–Crippen LogP) is 0.879. The van der Waals surface area contributed by atoms with Gasteiger partial charge in [0.2, 0.25) is 0 Å². The van der Waals surface area contributed by atoms with Crippen molar-refractivity contribution in [2.45, 2.75) is 19.3 Å². The topological polar surface area (TPSA) is 40.9 Å². The number of rotatable bonds is 0. The monoisotopic (exact) mass is 109 g/mol. The maximum atomic E-state index is 10.5. The molecule has 0 aromatic heterocycles. The van der Waals surface area contributed by atoms with Crippen molar-refractivity contribution in [3.63, 3.8) is 0 Å². The van der Waals surface area contributed by atoms with E-state index in [4.69, 9.17) is 5.26 Å². The highest BCUT2D eigenvalue weighted by Crippen LogP contribution is 2.19. The molecule has 0 aromatic carbocycles. The van der Waals surface area contributed by atoms with Crippen molar-refractivity contribution in [3.05, 3.63) is 0 Å². The summed E-state index contributed by atoms with van der Waals surface area (Å²) in [5.41, 5.74) is 0. The zero-order valence-electron chi connectivity index (χ0n) is 4.55. The summed E-state index contributed by atoms with van der Waals surface area (Å²) in [6, 6.07) is 2.07. The SMILES string of the molecule is N#CC1CCC(=O)C1. The Kier molecular flexibility index (Phi) is 1.29. The molecule has 0 aliphatic heterocycles. The molecule has 0 N–H and O–H groups in total. The summed E-state index contributed by atoms with van der Waals surface area (Å²) in [4.78, 5) is 10.5. The van der Waals surface area contributed by atoms with Crippen molar-refractivity contribution in [3.8, 4) is 6.07 Å². The van der Waals surface area contributed by atoms with Crippen molar-refractivity contribution in [1.29, 1.82) is 5.26 Å². The molecule has 2 heteroatoms. The predicted molar refractivity (Wildman–Crippen MR) is 28.0 cm³/mol. The fraction of sp³-hybridized carbons (Fsp3) is 0.667. The molecule has 1 rings (SSSR count). The number of carbonyl (C=O) groups is 1. The lowest BCUT2D eigenvalue weighted by atomic mass is 10.1. The molecule has 2 nitrogen and oxygen atoms in total. The summed E-state index contributed by atoms with van der Waals surface area (Å²) in [7, 11) is 0. The molecule has 0 spiro atoms. The maximum absolute atomic E-state index is 10.5. The van der Waals surface area contributed by atoms with E-state index in [0.29, 0.717) is 12.8 Å². The van der Waals surface area contributed by atoms with E-state index in [1.807, 2.05) is 0 Å². The average molecular weight is 109 g/mol. The first-order valence-electron chi connectivity index (χ1n) is 2.74. The number of Topliss-reactive ketones (excluding diaryl/α,β-unsaturated/α-hetero) is 1. The molecule has 1 aliphatic rings. The van der Waals surface area contributed by atoms with Crippen LogP contribution in [0.2, 0.25) is 0 Å². The van der Waals surface area contributed by atoms with Gasteiger partial charge in [-0.25, -0.2) is 0 Å². The lowest BCUT2D eigenvalue weighted by Crippen LogP contribution is -1.89. The zero-order valence-corrected chi connectivity index (χ0v) is 4.55. The summed E-state index contributed by atoms with van der Waals surface area (Å²) in [6.07, 6.45) is 1.91. The second-order valence-corrected chi connectivity index (χ2v) is 2.11. The van der Waals surface area contributed by atoms with Crippen molar-refractivity contribution in [2.24, 2.45) is 5.92 Å². The van der Waals surface area contributed by atoms with E-state index in [1.165, 1.54) is 0 Å². The molecular weight excluding hydrogens is 102 g/mol. The van der Waals surface area contributed by atoms with E-state index in [9.17, 15) is 4.79 Å². The summed E-state index contributed by atoms with van der Waals surface area (Å²) in [5, 5.41) is 8.28. The van der Waals surface area contributed by atoms with Gasteiger partial charge in [0.1, 0.15) is 5.78 Å². The summed E-state index contributed by atoms with van der Waals surface area (Å²) < 4.78 is 0. The minimum atomic E-state index is 0.0301. The molecule has 1 unspecified atom stereocenters. The van der Waals surface area contributed by atoms with Gasteiger partial charge in [-0.1, -0.05) is 0 Å². The van der Waals surface area contributed by atoms with Crippen LogP contribution >= 0.6 is 0 Å². The number of hydrogen-bond donors (Lipinski definition) is 0. The number of nitrogens with zero attached hydrogens (tertiary/aromatic N) is 1. The Morgan fingerprint density at radius 3 is 2.75 bits per heavy atom. The van der Waals surface area contributed by atoms with Crippen LogP contribution < -0.4 is 0 Å². The fourth-order valence-corrected chi connectivity index (χ4v) is 0.924. The molecule has 8 heavy (non-hydrogen) atoms. The van der Waals surface area contributed by atoms with Crippen LogP contribution in [0, 0.1) is 17.2 Å². The molecule has 0 heterocycles. The average Bonchev–Trinajstić information content (AvgIpc) is 2.14. The fourth-order valence-electron chi connectivity index (χ4n) is 0.924. The Hall–Kier alpha value is -0.840. The van der Waals surface area contributed by atoms with Crippen LogP contribution in [-0.2, 0) is 4.79 Å².